The van der Waals surface area contributed by atoms with Crippen molar-refractivity contribution < 1.29 is 9.53 Å². The molecule has 0 aliphatic carbocycles. The van der Waals surface area contributed by atoms with Gasteiger partial charge in [0.2, 0.25) is 5.91 Å². The molecule has 0 aliphatic heterocycles. The summed E-state index contributed by atoms with van der Waals surface area (Å²) in [5.41, 5.74) is 1.57. The van der Waals surface area contributed by atoms with E-state index in [-0.39, 0.29) is 12.3 Å². The van der Waals surface area contributed by atoms with Crippen molar-refractivity contribution in [3.05, 3.63) is 57.5 Å². The fourth-order valence-corrected chi connectivity index (χ4v) is 2.17. The fraction of sp³-hybridized carbons (Fsp3) is 0.133. The van der Waals surface area contributed by atoms with Crippen LogP contribution in [0.5, 0.6) is 5.75 Å². The molecule has 3 nitrogen and oxygen atoms in total. The van der Waals surface area contributed by atoms with Crippen molar-refractivity contribution >= 4 is 39.1 Å². The Bertz CT molecular complexity index is 631. The van der Waals surface area contributed by atoms with E-state index in [1.165, 1.54) is 0 Å². The van der Waals surface area contributed by atoms with Crippen LogP contribution in [0.1, 0.15) is 5.56 Å². The Labute approximate surface area is 131 Å². The molecule has 20 heavy (non-hydrogen) atoms. The summed E-state index contributed by atoms with van der Waals surface area (Å²) < 4.78 is 5.93. The molecule has 0 aromatic heterocycles. The maximum absolute atomic E-state index is 12.0. The van der Waals surface area contributed by atoms with Crippen LogP contribution in [0.15, 0.2) is 46.9 Å². The fourth-order valence-electron chi connectivity index (χ4n) is 1.75. The number of carbonyl (C=O) groups is 1. The average molecular weight is 355 g/mol. The molecule has 0 bridgehead atoms. The first-order valence-corrected chi connectivity index (χ1v) is 7.13. The number of halogens is 2. The van der Waals surface area contributed by atoms with Gasteiger partial charge >= 0.3 is 0 Å². The summed E-state index contributed by atoms with van der Waals surface area (Å²) >= 11 is 9.29. The number of amides is 1. The van der Waals surface area contributed by atoms with Gasteiger partial charge in [0.1, 0.15) is 5.75 Å². The van der Waals surface area contributed by atoms with Gasteiger partial charge < -0.3 is 10.1 Å². The summed E-state index contributed by atoms with van der Waals surface area (Å²) in [6, 6.07) is 12.7. The number of ether oxygens (including phenoxy) is 1. The summed E-state index contributed by atoms with van der Waals surface area (Å²) in [5.74, 6) is 0.638. The van der Waals surface area contributed by atoms with Crippen LogP contribution in [0.25, 0.3) is 0 Å². The quantitative estimate of drug-likeness (QED) is 0.889. The number of anilines is 1. The number of benzene rings is 2. The smallest absolute Gasteiger partial charge is 0.228 e. The van der Waals surface area contributed by atoms with Gasteiger partial charge in [-0.05, 0) is 51.8 Å². The normalized spacial score (nSPS) is 10.2. The summed E-state index contributed by atoms with van der Waals surface area (Å²) in [4.78, 5) is 12.0. The highest BCUT2D eigenvalue weighted by molar-refractivity contribution is 9.10. The van der Waals surface area contributed by atoms with Gasteiger partial charge in [0.25, 0.3) is 0 Å². The number of carbonyl (C=O) groups excluding carboxylic acids is 1. The van der Waals surface area contributed by atoms with Crippen LogP contribution < -0.4 is 10.1 Å². The van der Waals surface area contributed by atoms with E-state index in [9.17, 15) is 4.79 Å². The number of methoxy groups -OCH3 is 1. The molecule has 1 N–H and O–H groups in total. The van der Waals surface area contributed by atoms with Gasteiger partial charge in [0.05, 0.1) is 18.6 Å². The molecular weight excluding hydrogens is 342 g/mol. The minimum absolute atomic E-state index is 0.100. The van der Waals surface area contributed by atoms with Gasteiger partial charge in [0, 0.05) is 10.2 Å². The van der Waals surface area contributed by atoms with Crippen molar-refractivity contribution in [1.82, 2.24) is 0 Å². The van der Waals surface area contributed by atoms with Crippen molar-refractivity contribution in [3.63, 3.8) is 0 Å². The second kappa shape index (κ2) is 6.77. The lowest BCUT2D eigenvalue weighted by Gasteiger charge is -2.07. The Balaban J connectivity index is 2.03. The first kappa shape index (κ1) is 14.9. The minimum Gasteiger partial charge on any atom is -0.497 e. The number of hydrogen-bond acceptors (Lipinski definition) is 2. The maximum Gasteiger partial charge on any atom is 0.228 e. The average Bonchev–Trinajstić information content (AvgIpc) is 2.43. The lowest BCUT2D eigenvalue weighted by molar-refractivity contribution is -0.115. The van der Waals surface area contributed by atoms with Gasteiger partial charge in [0.15, 0.2) is 0 Å². The first-order valence-electron chi connectivity index (χ1n) is 5.96. The van der Waals surface area contributed by atoms with Gasteiger partial charge in [-0.2, -0.15) is 0 Å². The third-order valence-corrected chi connectivity index (χ3v) is 3.93. The van der Waals surface area contributed by atoms with E-state index in [0.29, 0.717) is 10.7 Å². The molecule has 0 saturated heterocycles. The summed E-state index contributed by atoms with van der Waals surface area (Å²) in [7, 11) is 1.60. The number of nitrogens with one attached hydrogen (secondary N) is 1. The maximum atomic E-state index is 12.0. The first-order chi connectivity index (χ1) is 9.58. The Morgan fingerprint density at radius 1 is 1.30 bits per heavy atom. The third kappa shape index (κ3) is 3.99. The summed E-state index contributed by atoms with van der Waals surface area (Å²) in [6.45, 7) is 0. The number of rotatable bonds is 4. The Kier molecular flexibility index (Phi) is 5.04. The predicted molar refractivity (Wildman–Crippen MR) is 84.5 cm³/mol. The van der Waals surface area contributed by atoms with Crippen molar-refractivity contribution in [2.24, 2.45) is 0 Å². The molecule has 0 fully saturated rings. The van der Waals surface area contributed by atoms with E-state index < -0.39 is 0 Å². The third-order valence-electron chi connectivity index (χ3n) is 2.70. The highest BCUT2D eigenvalue weighted by atomic mass is 79.9. The second-order valence-corrected chi connectivity index (χ2v) is 5.47. The molecule has 0 saturated carbocycles. The molecule has 0 atom stereocenters. The molecule has 2 aromatic rings. The van der Waals surface area contributed by atoms with E-state index in [1.807, 2.05) is 24.3 Å². The molecule has 2 rings (SSSR count). The van der Waals surface area contributed by atoms with E-state index in [4.69, 9.17) is 16.3 Å². The molecule has 0 spiro atoms. The second-order valence-electron chi connectivity index (χ2n) is 4.21. The van der Waals surface area contributed by atoms with Crippen LogP contribution >= 0.6 is 27.5 Å². The molecular formula is C15H13BrClNO2. The van der Waals surface area contributed by atoms with Crippen LogP contribution in [-0.2, 0) is 11.2 Å². The van der Waals surface area contributed by atoms with E-state index in [2.05, 4.69) is 21.2 Å². The molecule has 5 heteroatoms. The predicted octanol–water partition coefficient (Wildman–Crippen LogP) is 4.29. The zero-order valence-electron chi connectivity index (χ0n) is 10.8. The molecule has 0 aliphatic rings. The number of hydrogen-bond donors (Lipinski definition) is 1. The zero-order chi connectivity index (χ0) is 14.5. The van der Waals surface area contributed by atoms with E-state index in [0.717, 1.165) is 15.8 Å². The molecule has 0 heterocycles. The van der Waals surface area contributed by atoms with Crippen LogP contribution in [0.4, 0.5) is 5.69 Å². The van der Waals surface area contributed by atoms with Crippen LogP contribution in [0, 0.1) is 0 Å². The Morgan fingerprint density at radius 2 is 2.10 bits per heavy atom. The van der Waals surface area contributed by atoms with Crippen molar-refractivity contribution in [2.75, 3.05) is 12.4 Å². The van der Waals surface area contributed by atoms with Gasteiger partial charge in [-0.15, -0.1) is 0 Å². The lowest BCUT2D eigenvalue weighted by atomic mass is 10.1. The molecule has 104 valence electrons. The van der Waals surface area contributed by atoms with Crippen molar-refractivity contribution in [1.29, 1.82) is 0 Å². The zero-order valence-corrected chi connectivity index (χ0v) is 13.2. The van der Waals surface area contributed by atoms with Crippen LogP contribution in [0.2, 0.25) is 5.02 Å². The Hall–Kier alpha value is -1.52. The van der Waals surface area contributed by atoms with Crippen LogP contribution in [0.3, 0.4) is 0 Å². The minimum atomic E-state index is -0.100. The van der Waals surface area contributed by atoms with E-state index in [1.54, 1.807) is 25.3 Å². The van der Waals surface area contributed by atoms with Gasteiger partial charge in [-0.1, -0.05) is 23.7 Å². The highest BCUT2D eigenvalue weighted by Gasteiger charge is 2.06. The summed E-state index contributed by atoms with van der Waals surface area (Å²) in [6.07, 6.45) is 0.283. The molecule has 1 amide bonds. The standard InChI is InChI=1S/C15H13BrClNO2/c1-20-12-4-2-3-10(7-12)8-15(19)18-11-5-6-13(16)14(17)9-11/h2-7,9H,8H2,1H3,(H,18,19). The molecule has 0 unspecified atom stereocenters. The highest BCUT2D eigenvalue weighted by Crippen LogP contribution is 2.25. The largest absolute Gasteiger partial charge is 0.497 e. The monoisotopic (exact) mass is 353 g/mol. The van der Waals surface area contributed by atoms with Crippen molar-refractivity contribution in [2.45, 2.75) is 6.42 Å². The Morgan fingerprint density at radius 3 is 2.80 bits per heavy atom. The van der Waals surface area contributed by atoms with E-state index >= 15 is 0 Å². The summed E-state index contributed by atoms with van der Waals surface area (Å²) in [5, 5.41) is 3.37. The molecule has 2 aromatic carbocycles. The van der Waals surface area contributed by atoms with Gasteiger partial charge in [-0.3, -0.25) is 4.79 Å². The topological polar surface area (TPSA) is 38.3 Å². The SMILES string of the molecule is COc1cccc(CC(=O)Nc2ccc(Br)c(Cl)c2)c1. The van der Waals surface area contributed by atoms with Gasteiger partial charge in [-0.25, -0.2) is 0 Å². The van der Waals surface area contributed by atoms with Crippen LogP contribution in [-0.4, -0.2) is 13.0 Å². The van der Waals surface area contributed by atoms with Crippen molar-refractivity contribution in [3.8, 4) is 5.75 Å². The molecule has 0 radical (unpaired) electrons. The lowest BCUT2D eigenvalue weighted by Crippen LogP contribution is -2.14.